The van der Waals surface area contributed by atoms with Gasteiger partial charge in [0.2, 0.25) is 0 Å². The van der Waals surface area contributed by atoms with Crippen molar-refractivity contribution in [3.05, 3.63) is 0 Å². The number of hydrogen-bond acceptors (Lipinski definition) is 1. The molecule has 0 saturated heterocycles. The lowest BCUT2D eigenvalue weighted by molar-refractivity contribution is 0.245. The van der Waals surface area contributed by atoms with E-state index in [2.05, 4.69) is 20.8 Å². The third-order valence-corrected chi connectivity index (χ3v) is 5.58. The minimum Gasteiger partial charge on any atom is -0.260 e. The van der Waals surface area contributed by atoms with Crippen LogP contribution in [0.1, 0.15) is 91.9 Å². The number of unbranched alkanes of at least 4 members (excludes halogenated alkanes) is 5. The Bertz CT molecular complexity index is 227. The Morgan fingerprint density at radius 1 is 0.789 bits per heavy atom. The molecule has 0 bridgehead atoms. The Hall–Kier alpha value is 0.150. The van der Waals surface area contributed by atoms with Gasteiger partial charge in [-0.3, -0.25) is 4.21 Å². The molecule has 0 aliphatic rings. The van der Waals surface area contributed by atoms with E-state index in [0.717, 1.165) is 17.9 Å². The van der Waals surface area contributed by atoms with E-state index >= 15 is 0 Å². The van der Waals surface area contributed by atoms with Gasteiger partial charge in [-0.2, -0.15) is 0 Å². The lowest BCUT2D eigenvalue weighted by Crippen LogP contribution is -2.20. The predicted molar refractivity (Wildman–Crippen MR) is 89.2 cm³/mol. The fourth-order valence-corrected chi connectivity index (χ4v) is 3.65. The van der Waals surface area contributed by atoms with Crippen molar-refractivity contribution in [2.24, 2.45) is 5.41 Å². The van der Waals surface area contributed by atoms with Crippen molar-refractivity contribution < 1.29 is 4.21 Å². The summed E-state index contributed by atoms with van der Waals surface area (Å²) >= 11 is 0. The average Bonchev–Trinajstić information content (AvgIpc) is 2.42. The normalized spacial score (nSPS) is 16.2. The Labute approximate surface area is 124 Å². The largest absolute Gasteiger partial charge is 0.260 e. The van der Waals surface area contributed by atoms with E-state index in [-0.39, 0.29) is 0 Å². The van der Waals surface area contributed by atoms with E-state index in [9.17, 15) is 4.21 Å². The van der Waals surface area contributed by atoms with Gasteiger partial charge in [0.05, 0.1) is 0 Å². The molecule has 116 valence electrons. The molecule has 0 spiro atoms. The number of rotatable bonds is 13. The molecule has 0 aromatic heterocycles. The molecule has 0 rings (SSSR count). The van der Waals surface area contributed by atoms with Gasteiger partial charge < -0.3 is 0 Å². The van der Waals surface area contributed by atoms with Gasteiger partial charge in [0, 0.05) is 22.3 Å². The first-order valence-electron chi connectivity index (χ1n) is 8.43. The molecule has 2 heteroatoms. The van der Waals surface area contributed by atoms with Crippen molar-refractivity contribution in [1.29, 1.82) is 0 Å². The average molecular weight is 289 g/mol. The highest BCUT2D eigenvalue weighted by atomic mass is 32.2. The standard InChI is InChI=1S/C17H36OS/c1-5-8-10-11-12-14-17(4,13-9-6-2)15-16-19(18)7-3/h5-16H2,1-4H3. The van der Waals surface area contributed by atoms with Crippen molar-refractivity contribution in [3.63, 3.8) is 0 Å². The summed E-state index contributed by atoms with van der Waals surface area (Å²) in [5.41, 5.74) is 0.438. The molecule has 0 fully saturated rings. The Balaban J connectivity index is 4.06. The van der Waals surface area contributed by atoms with Gasteiger partial charge in [0.25, 0.3) is 0 Å². The van der Waals surface area contributed by atoms with Crippen LogP contribution in [0.3, 0.4) is 0 Å². The van der Waals surface area contributed by atoms with Gasteiger partial charge in [-0.05, 0) is 24.7 Å². The summed E-state index contributed by atoms with van der Waals surface area (Å²) in [7, 11) is -0.589. The van der Waals surface area contributed by atoms with Crippen LogP contribution in [0.2, 0.25) is 0 Å². The molecule has 0 heterocycles. The summed E-state index contributed by atoms with van der Waals surface area (Å²) in [5.74, 6) is 1.73. The first kappa shape index (κ1) is 19.1. The van der Waals surface area contributed by atoms with Gasteiger partial charge >= 0.3 is 0 Å². The van der Waals surface area contributed by atoms with E-state index in [1.54, 1.807) is 0 Å². The monoisotopic (exact) mass is 288 g/mol. The maximum Gasteiger partial charge on any atom is 0.0239 e. The second-order valence-electron chi connectivity index (χ2n) is 6.26. The summed E-state index contributed by atoms with van der Waals surface area (Å²) in [6.07, 6.45) is 13.2. The molecule has 1 nitrogen and oxygen atoms in total. The third kappa shape index (κ3) is 10.6. The quantitative estimate of drug-likeness (QED) is 0.397. The fourth-order valence-electron chi connectivity index (χ4n) is 2.64. The van der Waals surface area contributed by atoms with Crippen LogP contribution in [-0.4, -0.2) is 15.7 Å². The van der Waals surface area contributed by atoms with Crippen molar-refractivity contribution in [1.82, 2.24) is 0 Å². The summed E-state index contributed by atoms with van der Waals surface area (Å²) in [6, 6.07) is 0. The van der Waals surface area contributed by atoms with Crippen LogP contribution in [-0.2, 0) is 10.8 Å². The zero-order valence-electron chi connectivity index (χ0n) is 13.8. The first-order chi connectivity index (χ1) is 9.08. The Kier molecular flexibility index (Phi) is 12.0. The smallest absolute Gasteiger partial charge is 0.0239 e. The third-order valence-electron chi connectivity index (χ3n) is 4.27. The highest BCUT2D eigenvalue weighted by molar-refractivity contribution is 7.84. The van der Waals surface area contributed by atoms with Crippen LogP contribution in [0.4, 0.5) is 0 Å². The van der Waals surface area contributed by atoms with E-state index in [1.165, 1.54) is 57.8 Å². The van der Waals surface area contributed by atoms with Crippen molar-refractivity contribution in [2.45, 2.75) is 91.9 Å². The Morgan fingerprint density at radius 3 is 1.95 bits per heavy atom. The first-order valence-corrected chi connectivity index (χ1v) is 9.91. The molecular formula is C17H36OS. The minimum absolute atomic E-state index is 0.438. The minimum atomic E-state index is -0.589. The van der Waals surface area contributed by atoms with Crippen LogP contribution in [0.15, 0.2) is 0 Å². The maximum absolute atomic E-state index is 11.7. The lowest BCUT2D eigenvalue weighted by Gasteiger charge is -2.29. The topological polar surface area (TPSA) is 17.1 Å². The SMILES string of the molecule is CCCCCCCC(C)(CCCC)CCS(=O)CC. The lowest BCUT2D eigenvalue weighted by atomic mass is 9.78. The molecule has 0 aromatic carbocycles. The van der Waals surface area contributed by atoms with Crippen molar-refractivity contribution in [3.8, 4) is 0 Å². The number of hydrogen-bond donors (Lipinski definition) is 0. The van der Waals surface area contributed by atoms with Crippen LogP contribution in [0, 0.1) is 5.41 Å². The fraction of sp³-hybridized carbons (Fsp3) is 1.00. The zero-order valence-corrected chi connectivity index (χ0v) is 14.6. The molecule has 0 radical (unpaired) electrons. The summed E-state index contributed by atoms with van der Waals surface area (Å²) in [4.78, 5) is 0. The van der Waals surface area contributed by atoms with Gasteiger partial charge in [0.15, 0.2) is 0 Å². The molecule has 2 unspecified atom stereocenters. The van der Waals surface area contributed by atoms with E-state index < -0.39 is 10.8 Å². The van der Waals surface area contributed by atoms with Crippen LogP contribution < -0.4 is 0 Å². The summed E-state index contributed by atoms with van der Waals surface area (Å²) < 4.78 is 11.7. The van der Waals surface area contributed by atoms with Crippen LogP contribution in [0.25, 0.3) is 0 Å². The molecule has 0 N–H and O–H groups in total. The van der Waals surface area contributed by atoms with Crippen LogP contribution >= 0.6 is 0 Å². The summed E-state index contributed by atoms with van der Waals surface area (Å²) in [6.45, 7) is 9.00. The molecule has 0 amide bonds. The van der Waals surface area contributed by atoms with Gasteiger partial charge in [-0.25, -0.2) is 0 Å². The van der Waals surface area contributed by atoms with Crippen molar-refractivity contribution >= 4 is 10.8 Å². The van der Waals surface area contributed by atoms with Crippen molar-refractivity contribution in [2.75, 3.05) is 11.5 Å². The second-order valence-corrected chi connectivity index (χ2v) is 8.13. The second kappa shape index (κ2) is 11.9. The highest BCUT2D eigenvalue weighted by Crippen LogP contribution is 2.34. The Morgan fingerprint density at radius 2 is 1.37 bits per heavy atom. The predicted octanol–water partition coefficient (Wildman–Crippen LogP) is 5.70. The highest BCUT2D eigenvalue weighted by Gasteiger charge is 2.23. The van der Waals surface area contributed by atoms with Gasteiger partial charge in [0.1, 0.15) is 0 Å². The van der Waals surface area contributed by atoms with Gasteiger partial charge in [-0.15, -0.1) is 0 Å². The van der Waals surface area contributed by atoms with Crippen LogP contribution in [0.5, 0.6) is 0 Å². The van der Waals surface area contributed by atoms with E-state index in [1.807, 2.05) is 6.92 Å². The van der Waals surface area contributed by atoms with E-state index in [4.69, 9.17) is 0 Å². The molecule has 0 aromatic rings. The molecule has 19 heavy (non-hydrogen) atoms. The molecule has 0 saturated carbocycles. The van der Waals surface area contributed by atoms with E-state index in [0.29, 0.717) is 5.41 Å². The van der Waals surface area contributed by atoms with Gasteiger partial charge in [-0.1, -0.05) is 72.6 Å². The molecule has 2 atom stereocenters. The maximum atomic E-state index is 11.7. The molecule has 0 aliphatic heterocycles. The summed E-state index contributed by atoms with van der Waals surface area (Å²) in [5, 5.41) is 0. The zero-order chi connectivity index (χ0) is 14.6. The molecule has 0 aliphatic carbocycles. The molecular weight excluding hydrogens is 252 g/mol.